The van der Waals surface area contributed by atoms with E-state index >= 15 is 0 Å². The fourth-order valence-electron chi connectivity index (χ4n) is 3.42. The van der Waals surface area contributed by atoms with Gasteiger partial charge < -0.3 is 14.3 Å². The SMILES string of the molecule is Cc1noc(C)c1Cn1cc(C)c2ccc(C(=O)N=c3c(Cl)cn(O)cc3Cl)cc21. The monoisotopic (exact) mass is 444 g/mol. The second-order valence-electron chi connectivity index (χ2n) is 7.07. The predicted molar refractivity (Wildman–Crippen MR) is 113 cm³/mol. The number of pyridine rings is 1. The summed E-state index contributed by atoms with van der Waals surface area (Å²) in [5, 5.41) is 14.8. The second kappa shape index (κ2) is 7.66. The molecule has 4 rings (SSSR count). The van der Waals surface area contributed by atoms with Gasteiger partial charge in [-0.2, -0.15) is 4.73 Å². The van der Waals surface area contributed by atoms with E-state index in [1.54, 1.807) is 12.1 Å². The number of hydrogen-bond donors (Lipinski definition) is 1. The number of rotatable bonds is 3. The smallest absolute Gasteiger partial charge is 0.277 e. The van der Waals surface area contributed by atoms with Crippen LogP contribution in [0.4, 0.5) is 0 Å². The largest absolute Gasteiger partial charge is 0.429 e. The molecule has 0 saturated carbocycles. The third kappa shape index (κ3) is 3.62. The highest BCUT2D eigenvalue weighted by atomic mass is 35.5. The van der Waals surface area contributed by atoms with Crippen molar-refractivity contribution in [3.63, 3.8) is 0 Å². The number of halogens is 2. The topological polar surface area (TPSA) is 85.5 Å². The first-order chi connectivity index (χ1) is 14.2. The quantitative estimate of drug-likeness (QED) is 0.464. The summed E-state index contributed by atoms with van der Waals surface area (Å²) in [6, 6.07) is 5.41. The number of aromatic nitrogens is 3. The van der Waals surface area contributed by atoms with Crippen molar-refractivity contribution in [2.75, 3.05) is 0 Å². The molecule has 0 fully saturated rings. The molecule has 0 aliphatic rings. The van der Waals surface area contributed by atoms with Gasteiger partial charge in [-0.15, -0.1) is 0 Å². The average molecular weight is 445 g/mol. The van der Waals surface area contributed by atoms with Crippen LogP contribution in [0.25, 0.3) is 10.9 Å². The van der Waals surface area contributed by atoms with E-state index in [1.807, 2.05) is 33.0 Å². The number of carbonyl (C=O) groups excluding carboxylic acids is 1. The molecule has 3 aromatic heterocycles. The summed E-state index contributed by atoms with van der Waals surface area (Å²) >= 11 is 12.1. The minimum atomic E-state index is -0.487. The van der Waals surface area contributed by atoms with E-state index < -0.39 is 5.91 Å². The van der Waals surface area contributed by atoms with Crippen LogP contribution in [-0.4, -0.2) is 25.6 Å². The van der Waals surface area contributed by atoms with Gasteiger partial charge in [-0.05, 0) is 38.5 Å². The van der Waals surface area contributed by atoms with Crippen LogP contribution in [0.1, 0.15) is 32.9 Å². The molecule has 0 atom stereocenters. The van der Waals surface area contributed by atoms with Gasteiger partial charge in [0.25, 0.3) is 5.91 Å². The summed E-state index contributed by atoms with van der Waals surface area (Å²) in [4.78, 5) is 16.9. The normalized spacial score (nSPS) is 11.2. The first-order valence-electron chi connectivity index (χ1n) is 9.11. The maximum atomic E-state index is 12.8. The van der Waals surface area contributed by atoms with E-state index in [-0.39, 0.29) is 15.4 Å². The van der Waals surface area contributed by atoms with E-state index in [0.29, 0.717) is 16.8 Å². The summed E-state index contributed by atoms with van der Waals surface area (Å²) in [5.41, 5.74) is 4.23. The average Bonchev–Trinajstić information content (AvgIpc) is 3.18. The number of nitrogens with zero attached hydrogens (tertiary/aromatic N) is 4. The van der Waals surface area contributed by atoms with E-state index in [0.717, 1.165) is 33.5 Å². The van der Waals surface area contributed by atoms with Crippen LogP contribution >= 0.6 is 23.2 Å². The molecule has 0 bridgehead atoms. The molecule has 3 heterocycles. The maximum absolute atomic E-state index is 12.8. The molecule has 0 spiro atoms. The summed E-state index contributed by atoms with van der Waals surface area (Å²) in [6.45, 7) is 6.38. The fourth-order valence-corrected chi connectivity index (χ4v) is 3.95. The number of fused-ring (bicyclic) bond motifs is 1. The fraction of sp³-hybridized carbons (Fsp3) is 0.190. The highest BCUT2D eigenvalue weighted by Crippen LogP contribution is 2.25. The molecule has 0 aliphatic carbocycles. The first kappa shape index (κ1) is 20.3. The number of aryl methyl sites for hydroxylation is 3. The number of benzene rings is 1. The van der Waals surface area contributed by atoms with Crippen LogP contribution < -0.4 is 5.36 Å². The highest BCUT2D eigenvalue weighted by molar-refractivity contribution is 6.34. The van der Waals surface area contributed by atoms with E-state index in [4.69, 9.17) is 27.7 Å². The molecule has 7 nitrogen and oxygen atoms in total. The molecule has 0 aliphatic heterocycles. The zero-order valence-electron chi connectivity index (χ0n) is 16.5. The molecule has 1 aromatic carbocycles. The van der Waals surface area contributed by atoms with E-state index in [9.17, 15) is 10.0 Å². The van der Waals surface area contributed by atoms with Gasteiger partial charge in [0.05, 0.1) is 34.7 Å². The van der Waals surface area contributed by atoms with Crippen molar-refractivity contribution in [1.82, 2.24) is 14.5 Å². The molecule has 30 heavy (non-hydrogen) atoms. The Bertz CT molecular complexity index is 1320. The third-order valence-corrected chi connectivity index (χ3v) is 5.55. The maximum Gasteiger partial charge on any atom is 0.277 e. The minimum Gasteiger partial charge on any atom is -0.429 e. The summed E-state index contributed by atoms with van der Waals surface area (Å²) in [6.07, 6.45) is 4.45. The Morgan fingerprint density at radius 1 is 1.17 bits per heavy atom. The Morgan fingerprint density at radius 3 is 2.50 bits per heavy atom. The zero-order valence-corrected chi connectivity index (χ0v) is 18.0. The summed E-state index contributed by atoms with van der Waals surface area (Å²) in [7, 11) is 0. The molecule has 0 saturated heterocycles. The number of hydrogen-bond acceptors (Lipinski definition) is 4. The molecule has 1 amide bonds. The molecular formula is C21H18Cl2N4O3. The van der Waals surface area contributed by atoms with Crippen molar-refractivity contribution < 1.29 is 14.5 Å². The Hall–Kier alpha value is -3.03. The molecular weight excluding hydrogens is 427 g/mol. The van der Waals surface area contributed by atoms with Crippen molar-refractivity contribution in [3.8, 4) is 0 Å². The van der Waals surface area contributed by atoms with Crippen LogP contribution in [0.2, 0.25) is 10.0 Å². The lowest BCUT2D eigenvalue weighted by Crippen LogP contribution is -2.12. The van der Waals surface area contributed by atoms with Crippen LogP contribution in [0.15, 0.2) is 46.3 Å². The van der Waals surface area contributed by atoms with Gasteiger partial charge in [-0.25, -0.2) is 4.99 Å². The van der Waals surface area contributed by atoms with Crippen molar-refractivity contribution in [1.29, 1.82) is 0 Å². The highest BCUT2D eigenvalue weighted by Gasteiger charge is 2.15. The lowest BCUT2D eigenvalue weighted by molar-refractivity contribution is 0.0998. The third-order valence-electron chi connectivity index (χ3n) is 5.00. The Morgan fingerprint density at radius 2 is 1.87 bits per heavy atom. The Labute approximate surface area is 181 Å². The zero-order chi connectivity index (χ0) is 21.6. The van der Waals surface area contributed by atoms with E-state index in [2.05, 4.69) is 14.7 Å². The van der Waals surface area contributed by atoms with Crippen LogP contribution in [-0.2, 0) is 6.54 Å². The predicted octanol–water partition coefficient (Wildman–Crippen LogP) is 4.69. The van der Waals surface area contributed by atoms with Gasteiger partial charge in [0.1, 0.15) is 11.1 Å². The van der Waals surface area contributed by atoms with Crippen molar-refractivity contribution in [2.24, 2.45) is 4.99 Å². The second-order valence-corrected chi connectivity index (χ2v) is 7.89. The van der Waals surface area contributed by atoms with Crippen LogP contribution in [0.3, 0.4) is 0 Å². The number of amides is 1. The molecule has 1 N–H and O–H groups in total. The minimum absolute atomic E-state index is 0.0667. The molecule has 9 heteroatoms. The van der Waals surface area contributed by atoms with Gasteiger partial charge in [-0.3, -0.25) is 4.79 Å². The van der Waals surface area contributed by atoms with Crippen molar-refractivity contribution >= 4 is 40.0 Å². The molecule has 0 unspecified atom stereocenters. The first-order valence-corrected chi connectivity index (χ1v) is 9.87. The molecule has 154 valence electrons. The van der Waals surface area contributed by atoms with Gasteiger partial charge in [0.2, 0.25) is 0 Å². The van der Waals surface area contributed by atoms with E-state index in [1.165, 1.54) is 12.4 Å². The van der Waals surface area contributed by atoms with Gasteiger partial charge in [0, 0.05) is 28.2 Å². The van der Waals surface area contributed by atoms with Gasteiger partial charge in [-0.1, -0.05) is 34.4 Å². The van der Waals surface area contributed by atoms with Gasteiger partial charge in [0.15, 0.2) is 0 Å². The van der Waals surface area contributed by atoms with Crippen molar-refractivity contribution in [3.05, 3.63) is 80.3 Å². The summed E-state index contributed by atoms with van der Waals surface area (Å²) < 4.78 is 8.04. The molecule has 0 radical (unpaired) electrons. The Balaban J connectivity index is 1.78. The lowest BCUT2D eigenvalue weighted by atomic mass is 10.1. The summed E-state index contributed by atoms with van der Waals surface area (Å²) in [5.74, 6) is 0.280. The molecule has 4 aromatic rings. The number of carbonyl (C=O) groups is 1. The Kier molecular flexibility index (Phi) is 5.17. The van der Waals surface area contributed by atoms with Crippen LogP contribution in [0, 0.1) is 20.8 Å². The van der Waals surface area contributed by atoms with Gasteiger partial charge >= 0.3 is 0 Å². The standard InChI is InChI=1S/C21H18Cl2N4O3/c1-11-7-26(8-16-12(2)25-30-13(16)3)19-6-14(4-5-15(11)19)21(28)24-20-17(22)9-27(29)10-18(20)23/h4-7,9-10,29H,8H2,1-3H3. The van der Waals surface area contributed by atoms with Crippen molar-refractivity contribution in [2.45, 2.75) is 27.3 Å². The van der Waals surface area contributed by atoms with Crippen LogP contribution in [0.5, 0.6) is 0 Å². The lowest BCUT2D eigenvalue weighted by Gasteiger charge is -2.06.